The van der Waals surface area contributed by atoms with E-state index in [0.717, 1.165) is 5.56 Å². The number of nitrogens with zero attached hydrogens (tertiary/aromatic N) is 1. The number of benzene rings is 1. The number of aromatic nitrogens is 1. The molecule has 0 amide bonds. The number of phenolic OH excluding ortho intramolecular Hbond substituents is 2. The lowest BCUT2D eigenvalue weighted by Crippen LogP contribution is -1.94. The summed E-state index contributed by atoms with van der Waals surface area (Å²) in [4.78, 5) is 3.89. The summed E-state index contributed by atoms with van der Waals surface area (Å²) in [5, 5.41) is 19.7. The maximum atomic E-state index is 14.1. The zero-order valence-corrected chi connectivity index (χ0v) is 11.3. The van der Waals surface area contributed by atoms with E-state index in [-0.39, 0.29) is 22.8 Å². The second-order valence-corrected chi connectivity index (χ2v) is 4.83. The van der Waals surface area contributed by atoms with E-state index < -0.39 is 11.6 Å². The number of aromatic hydroxyl groups is 2. The molecule has 2 aromatic rings. The summed E-state index contributed by atoms with van der Waals surface area (Å²) in [7, 11) is 0. The van der Waals surface area contributed by atoms with Gasteiger partial charge in [0.05, 0.1) is 0 Å². The molecule has 2 N–H and O–H groups in total. The molecule has 20 heavy (non-hydrogen) atoms. The van der Waals surface area contributed by atoms with Crippen LogP contribution in [0.25, 0.3) is 12.2 Å². The van der Waals surface area contributed by atoms with Crippen LogP contribution in [-0.4, -0.2) is 15.2 Å². The fourth-order valence-corrected chi connectivity index (χ4v) is 2.02. The predicted octanol–water partition coefficient (Wildman–Crippen LogP) is 3.93. The van der Waals surface area contributed by atoms with Gasteiger partial charge in [0.15, 0.2) is 11.6 Å². The molecule has 0 aliphatic carbocycles. The van der Waals surface area contributed by atoms with Crippen LogP contribution in [0.2, 0.25) is 0 Å². The standard InChI is InChI=1S/C16H16FNO2/c1-10(2)14-13(19)9-12(15(17)16(14)20)4-3-11-5-7-18-8-6-11/h3-10,19-20H,1-2H3/b4-3+. The first kappa shape index (κ1) is 14.1. The molecule has 1 aromatic heterocycles. The molecule has 2 rings (SSSR count). The molecule has 3 nitrogen and oxygen atoms in total. The second-order valence-electron chi connectivity index (χ2n) is 4.83. The van der Waals surface area contributed by atoms with Crippen molar-refractivity contribution in [2.24, 2.45) is 0 Å². The van der Waals surface area contributed by atoms with Crippen molar-refractivity contribution in [3.8, 4) is 11.5 Å². The molecule has 104 valence electrons. The molecule has 0 aliphatic heterocycles. The van der Waals surface area contributed by atoms with Crippen LogP contribution in [0.5, 0.6) is 11.5 Å². The normalized spacial score (nSPS) is 11.4. The third kappa shape index (κ3) is 2.79. The SMILES string of the molecule is CC(C)c1c(O)cc(/C=C/c2ccncc2)c(F)c1O. The number of hydrogen-bond donors (Lipinski definition) is 2. The fourth-order valence-electron chi connectivity index (χ4n) is 2.02. The molecule has 0 atom stereocenters. The first-order valence-electron chi connectivity index (χ1n) is 6.33. The van der Waals surface area contributed by atoms with E-state index in [2.05, 4.69) is 4.98 Å². The Morgan fingerprint density at radius 2 is 1.80 bits per heavy atom. The Morgan fingerprint density at radius 3 is 2.40 bits per heavy atom. The monoisotopic (exact) mass is 273 g/mol. The average Bonchev–Trinajstić information content (AvgIpc) is 2.42. The minimum Gasteiger partial charge on any atom is -0.507 e. The van der Waals surface area contributed by atoms with Crippen LogP contribution in [0.3, 0.4) is 0 Å². The Bertz CT molecular complexity index is 637. The first-order valence-corrected chi connectivity index (χ1v) is 6.33. The van der Waals surface area contributed by atoms with Crippen molar-refractivity contribution in [3.63, 3.8) is 0 Å². The quantitative estimate of drug-likeness (QED) is 0.891. The fraction of sp³-hybridized carbons (Fsp3) is 0.188. The molecular formula is C16H16FNO2. The van der Waals surface area contributed by atoms with Crippen molar-refractivity contribution in [3.05, 3.63) is 53.1 Å². The molecule has 0 spiro atoms. The van der Waals surface area contributed by atoms with Gasteiger partial charge in [0, 0.05) is 23.5 Å². The Balaban J connectivity index is 2.42. The van der Waals surface area contributed by atoms with Gasteiger partial charge in [-0.3, -0.25) is 4.98 Å². The number of hydrogen-bond acceptors (Lipinski definition) is 3. The van der Waals surface area contributed by atoms with Crippen molar-refractivity contribution in [2.75, 3.05) is 0 Å². The largest absolute Gasteiger partial charge is 0.507 e. The van der Waals surface area contributed by atoms with Crippen molar-refractivity contribution in [1.29, 1.82) is 0 Å². The zero-order valence-electron chi connectivity index (χ0n) is 11.3. The van der Waals surface area contributed by atoms with Crippen LogP contribution in [0.4, 0.5) is 4.39 Å². The molecule has 0 unspecified atom stereocenters. The molecule has 0 saturated heterocycles. The Morgan fingerprint density at radius 1 is 1.15 bits per heavy atom. The molecular weight excluding hydrogens is 257 g/mol. The van der Waals surface area contributed by atoms with Crippen LogP contribution < -0.4 is 0 Å². The molecule has 1 heterocycles. The Kier molecular flexibility index (Phi) is 4.03. The molecule has 0 fully saturated rings. The van der Waals surface area contributed by atoms with Gasteiger partial charge in [0.1, 0.15) is 5.75 Å². The summed E-state index contributed by atoms with van der Waals surface area (Å²) >= 11 is 0. The van der Waals surface area contributed by atoms with Gasteiger partial charge in [-0.05, 0) is 29.7 Å². The minimum absolute atomic E-state index is 0.103. The number of pyridine rings is 1. The molecule has 0 radical (unpaired) electrons. The van der Waals surface area contributed by atoms with Crippen LogP contribution in [0.15, 0.2) is 30.6 Å². The molecule has 0 aliphatic rings. The zero-order chi connectivity index (χ0) is 14.7. The summed E-state index contributed by atoms with van der Waals surface area (Å²) in [6.07, 6.45) is 6.46. The van der Waals surface area contributed by atoms with E-state index in [9.17, 15) is 14.6 Å². The van der Waals surface area contributed by atoms with E-state index in [1.54, 1.807) is 44.4 Å². The summed E-state index contributed by atoms with van der Waals surface area (Å²) in [6, 6.07) is 4.87. The highest BCUT2D eigenvalue weighted by atomic mass is 19.1. The predicted molar refractivity (Wildman–Crippen MR) is 77.0 cm³/mol. The van der Waals surface area contributed by atoms with Crippen LogP contribution in [0.1, 0.15) is 36.5 Å². The smallest absolute Gasteiger partial charge is 0.172 e. The molecule has 0 saturated carbocycles. The summed E-state index contributed by atoms with van der Waals surface area (Å²) in [5.41, 5.74) is 1.22. The Hall–Kier alpha value is -2.36. The molecule has 0 bridgehead atoms. The number of phenols is 2. The van der Waals surface area contributed by atoms with Gasteiger partial charge in [0.2, 0.25) is 0 Å². The third-order valence-corrected chi connectivity index (χ3v) is 3.02. The lowest BCUT2D eigenvalue weighted by Gasteiger charge is -2.13. The van der Waals surface area contributed by atoms with E-state index in [1.165, 1.54) is 12.1 Å². The lowest BCUT2D eigenvalue weighted by molar-refractivity contribution is 0.404. The highest BCUT2D eigenvalue weighted by molar-refractivity contribution is 5.72. The summed E-state index contributed by atoms with van der Waals surface area (Å²) in [5.74, 6) is -1.48. The van der Waals surface area contributed by atoms with Crippen molar-refractivity contribution in [2.45, 2.75) is 19.8 Å². The van der Waals surface area contributed by atoms with E-state index in [4.69, 9.17) is 0 Å². The van der Waals surface area contributed by atoms with Crippen molar-refractivity contribution >= 4 is 12.2 Å². The van der Waals surface area contributed by atoms with Crippen molar-refractivity contribution < 1.29 is 14.6 Å². The maximum Gasteiger partial charge on any atom is 0.172 e. The molecule has 1 aromatic carbocycles. The van der Waals surface area contributed by atoms with E-state index in [0.29, 0.717) is 0 Å². The van der Waals surface area contributed by atoms with Crippen molar-refractivity contribution in [1.82, 2.24) is 4.98 Å². The van der Waals surface area contributed by atoms with Gasteiger partial charge < -0.3 is 10.2 Å². The highest BCUT2D eigenvalue weighted by Gasteiger charge is 2.18. The third-order valence-electron chi connectivity index (χ3n) is 3.02. The van der Waals surface area contributed by atoms with Crippen LogP contribution >= 0.6 is 0 Å². The van der Waals surface area contributed by atoms with Gasteiger partial charge >= 0.3 is 0 Å². The van der Waals surface area contributed by atoms with Crippen LogP contribution in [-0.2, 0) is 0 Å². The summed E-state index contributed by atoms with van der Waals surface area (Å²) in [6.45, 7) is 3.56. The number of halogens is 1. The van der Waals surface area contributed by atoms with Gasteiger partial charge in [-0.15, -0.1) is 0 Å². The second kappa shape index (κ2) is 5.74. The topological polar surface area (TPSA) is 53.4 Å². The van der Waals surface area contributed by atoms with Gasteiger partial charge in [-0.25, -0.2) is 4.39 Å². The Labute approximate surface area is 117 Å². The first-order chi connectivity index (χ1) is 9.50. The molecule has 4 heteroatoms. The summed E-state index contributed by atoms with van der Waals surface area (Å²) < 4.78 is 14.1. The van der Waals surface area contributed by atoms with Crippen LogP contribution in [0, 0.1) is 5.82 Å². The minimum atomic E-state index is -0.725. The lowest BCUT2D eigenvalue weighted by atomic mass is 9.98. The van der Waals surface area contributed by atoms with E-state index in [1.807, 2.05) is 0 Å². The van der Waals surface area contributed by atoms with Gasteiger partial charge in [0.25, 0.3) is 0 Å². The highest BCUT2D eigenvalue weighted by Crippen LogP contribution is 2.38. The van der Waals surface area contributed by atoms with Gasteiger partial charge in [-0.2, -0.15) is 0 Å². The average molecular weight is 273 g/mol. The number of rotatable bonds is 3. The van der Waals surface area contributed by atoms with Gasteiger partial charge in [-0.1, -0.05) is 26.0 Å². The van der Waals surface area contributed by atoms with E-state index >= 15 is 0 Å². The maximum absolute atomic E-state index is 14.1.